The molecule has 0 amide bonds. The van der Waals surface area contributed by atoms with Crippen molar-refractivity contribution in [2.75, 3.05) is 32.7 Å². The summed E-state index contributed by atoms with van der Waals surface area (Å²) in [7, 11) is 0. The lowest BCUT2D eigenvalue weighted by Gasteiger charge is -2.37. The summed E-state index contributed by atoms with van der Waals surface area (Å²) in [6.07, 6.45) is 2.76. The summed E-state index contributed by atoms with van der Waals surface area (Å²) in [4.78, 5) is 2.70. The minimum atomic E-state index is 0.829. The molecule has 0 aromatic heterocycles. The molecule has 2 unspecified atom stereocenters. The molecule has 2 fully saturated rings. The zero-order chi connectivity index (χ0) is 10.7. The first-order chi connectivity index (χ1) is 7.24. The third-order valence-corrected chi connectivity index (χ3v) is 4.70. The van der Waals surface area contributed by atoms with E-state index >= 15 is 0 Å². The fraction of sp³-hybridized carbons (Fsp3) is 1.00. The van der Waals surface area contributed by atoms with Gasteiger partial charge in [0, 0.05) is 30.1 Å². The number of hydrogen-bond acceptors (Lipinski definition) is 3. The van der Waals surface area contributed by atoms with Crippen LogP contribution in [0.2, 0.25) is 0 Å². The number of piperidine rings is 1. The van der Waals surface area contributed by atoms with Crippen LogP contribution in [-0.2, 0) is 0 Å². The number of thioether (sulfide) groups is 1. The van der Waals surface area contributed by atoms with E-state index in [1.165, 1.54) is 45.6 Å². The maximum Gasteiger partial charge on any atom is 0.0149 e. The van der Waals surface area contributed by atoms with Gasteiger partial charge in [0.05, 0.1) is 0 Å². The first-order valence-electron chi connectivity index (χ1n) is 6.32. The van der Waals surface area contributed by atoms with Crippen LogP contribution in [0.5, 0.6) is 0 Å². The van der Waals surface area contributed by atoms with Gasteiger partial charge in [0.15, 0.2) is 0 Å². The molecule has 2 atom stereocenters. The molecule has 2 aliphatic rings. The van der Waals surface area contributed by atoms with Crippen LogP contribution < -0.4 is 5.32 Å². The molecule has 2 rings (SSSR count). The quantitative estimate of drug-likeness (QED) is 0.776. The van der Waals surface area contributed by atoms with Crippen molar-refractivity contribution in [3.8, 4) is 0 Å². The lowest BCUT2D eigenvalue weighted by molar-refractivity contribution is 0.204. The van der Waals surface area contributed by atoms with Gasteiger partial charge in [0.2, 0.25) is 0 Å². The van der Waals surface area contributed by atoms with Crippen LogP contribution in [0.1, 0.15) is 26.7 Å². The molecule has 0 aliphatic carbocycles. The van der Waals surface area contributed by atoms with Gasteiger partial charge in [-0.05, 0) is 31.8 Å². The van der Waals surface area contributed by atoms with Gasteiger partial charge in [0.1, 0.15) is 0 Å². The molecule has 0 radical (unpaired) electrons. The van der Waals surface area contributed by atoms with E-state index in [9.17, 15) is 0 Å². The summed E-state index contributed by atoms with van der Waals surface area (Å²) in [5.41, 5.74) is 0. The Morgan fingerprint density at radius 1 is 1.13 bits per heavy atom. The van der Waals surface area contributed by atoms with Crippen molar-refractivity contribution in [2.24, 2.45) is 5.92 Å². The molecule has 0 saturated carbocycles. The maximum atomic E-state index is 3.45. The zero-order valence-corrected chi connectivity index (χ0v) is 10.9. The average molecular weight is 228 g/mol. The number of hydrogen-bond donors (Lipinski definition) is 1. The van der Waals surface area contributed by atoms with Gasteiger partial charge in [0.25, 0.3) is 0 Å². The highest BCUT2D eigenvalue weighted by atomic mass is 32.2. The Morgan fingerprint density at radius 3 is 2.33 bits per heavy atom. The van der Waals surface area contributed by atoms with Crippen LogP contribution in [0.25, 0.3) is 0 Å². The Bertz CT molecular complexity index is 182. The Kier molecular flexibility index (Phi) is 4.35. The summed E-state index contributed by atoms with van der Waals surface area (Å²) >= 11 is 2.15. The molecule has 0 bridgehead atoms. The van der Waals surface area contributed by atoms with E-state index in [1.54, 1.807) is 0 Å². The average Bonchev–Trinajstić information content (AvgIpc) is 2.17. The second-order valence-electron chi connectivity index (χ2n) is 5.17. The van der Waals surface area contributed by atoms with Crippen molar-refractivity contribution in [2.45, 2.75) is 37.2 Å². The first kappa shape index (κ1) is 11.7. The van der Waals surface area contributed by atoms with Crippen LogP contribution in [0.4, 0.5) is 0 Å². The highest BCUT2D eigenvalue weighted by Gasteiger charge is 2.24. The molecule has 0 aromatic carbocycles. The predicted molar refractivity (Wildman–Crippen MR) is 68.5 cm³/mol. The van der Waals surface area contributed by atoms with E-state index in [0.717, 1.165) is 16.4 Å². The third kappa shape index (κ3) is 3.65. The van der Waals surface area contributed by atoms with Crippen molar-refractivity contribution >= 4 is 11.8 Å². The molecule has 0 spiro atoms. The van der Waals surface area contributed by atoms with Gasteiger partial charge in [-0.1, -0.05) is 13.8 Å². The lowest BCUT2D eigenvalue weighted by Crippen LogP contribution is -2.44. The minimum Gasteiger partial charge on any atom is -0.317 e. The van der Waals surface area contributed by atoms with E-state index in [0.29, 0.717) is 0 Å². The molecule has 88 valence electrons. The van der Waals surface area contributed by atoms with Crippen molar-refractivity contribution < 1.29 is 0 Å². The molecule has 3 heteroatoms. The first-order valence-corrected chi connectivity index (χ1v) is 7.27. The molecular formula is C12H24N2S. The van der Waals surface area contributed by atoms with Gasteiger partial charge in [-0.3, -0.25) is 0 Å². The summed E-state index contributed by atoms with van der Waals surface area (Å²) in [5, 5.41) is 5.11. The van der Waals surface area contributed by atoms with Crippen LogP contribution in [-0.4, -0.2) is 48.1 Å². The fourth-order valence-electron chi connectivity index (χ4n) is 2.86. The monoisotopic (exact) mass is 228 g/mol. The number of nitrogens with zero attached hydrogens (tertiary/aromatic N) is 1. The van der Waals surface area contributed by atoms with E-state index in [1.807, 2.05) is 0 Å². The standard InChI is InChI=1S/C12H24N2S/c1-10-7-14(8-11(2)15-10)9-12-3-5-13-6-4-12/h10-13H,3-9H2,1-2H3. The fourth-order valence-corrected chi connectivity index (χ4v) is 4.25. The Hall–Kier alpha value is 0.270. The van der Waals surface area contributed by atoms with Gasteiger partial charge in [-0.2, -0.15) is 11.8 Å². The van der Waals surface area contributed by atoms with Gasteiger partial charge in [-0.25, -0.2) is 0 Å². The van der Waals surface area contributed by atoms with E-state index < -0.39 is 0 Å². The van der Waals surface area contributed by atoms with Crippen molar-refractivity contribution in [3.05, 3.63) is 0 Å². The normalized spacial score (nSPS) is 35.6. The van der Waals surface area contributed by atoms with Crippen LogP contribution in [0.15, 0.2) is 0 Å². The summed E-state index contributed by atoms with van der Waals surface area (Å²) < 4.78 is 0. The highest BCUT2D eigenvalue weighted by molar-refractivity contribution is 8.00. The summed E-state index contributed by atoms with van der Waals surface area (Å²) in [5.74, 6) is 0.953. The second-order valence-corrected chi connectivity index (χ2v) is 7.05. The molecule has 2 heterocycles. The minimum absolute atomic E-state index is 0.829. The molecule has 2 saturated heterocycles. The Labute approximate surface area is 98.2 Å². The van der Waals surface area contributed by atoms with Crippen molar-refractivity contribution in [1.29, 1.82) is 0 Å². The summed E-state index contributed by atoms with van der Waals surface area (Å²) in [6.45, 7) is 11.2. The third-order valence-electron chi connectivity index (χ3n) is 3.47. The SMILES string of the molecule is CC1CN(CC2CCNCC2)CC(C)S1. The second kappa shape index (κ2) is 5.55. The zero-order valence-electron chi connectivity index (χ0n) is 10.0. The predicted octanol–water partition coefficient (Wildman–Crippen LogP) is 1.81. The van der Waals surface area contributed by atoms with Crippen LogP contribution in [0, 0.1) is 5.92 Å². The number of nitrogens with one attached hydrogen (secondary N) is 1. The summed E-state index contributed by atoms with van der Waals surface area (Å²) in [6, 6.07) is 0. The lowest BCUT2D eigenvalue weighted by atomic mass is 9.97. The molecular weight excluding hydrogens is 204 g/mol. The molecule has 0 aromatic rings. The van der Waals surface area contributed by atoms with Gasteiger partial charge in [-0.15, -0.1) is 0 Å². The van der Waals surface area contributed by atoms with Gasteiger partial charge < -0.3 is 10.2 Å². The van der Waals surface area contributed by atoms with E-state index in [-0.39, 0.29) is 0 Å². The van der Waals surface area contributed by atoms with E-state index in [4.69, 9.17) is 0 Å². The highest BCUT2D eigenvalue weighted by Crippen LogP contribution is 2.26. The Balaban J connectivity index is 1.77. The molecule has 15 heavy (non-hydrogen) atoms. The molecule has 2 nitrogen and oxygen atoms in total. The molecule has 1 N–H and O–H groups in total. The van der Waals surface area contributed by atoms with Gasteiger partial charge >= 0.3 is 0 Å². The topological polar surface area (TPSA) is 15.3 Å². The van der Waals surface area contributed by atoms with Crippen molar-refractivity contribution in [1.82, 2.24) is 10.2 Å². The smallest absolute Gasteiger partial charge is 0.0149 e. The van der Waals surface area contributed by atoms with Crippen molar-refractivity contribution in [3.63, 3.8) is 0 Å². The van der Waals surface area contributed by atoms with E-state index in [2.05, 4.69) is 35.8 Å². The van der Waals surface area contributed by atoms with Crippen LogP contribution >= 0.6 is 11.8 Å². The molecule has 2 aliphatic heterocycles. The number of rotatable bonds is 2. The van der Waals surface area contributed by atoms with Crippen LogP contribution in [0.3, 0.4) is 0 Å². The maximum absolute atomic E-state index is 3.45. The largest absolute Gasteiger partial charge is 0.317 e. The Morgan fingerprint density at radius 2 is 1.73 bits per heavy atom.